The van der Waals surface area contributed by atoms with E-state index in [0.717, 1.165) is 19.3 Å². The number of phosphoric acid groups is 1. The molecule has 0 aromatic carbocycles. The Morgan fingerprint density at radius 3 is 0.905 bits per heavy atom. The van der Waals surface area contributed by atoms with Gasteiger partial charge in [0.25, 0.3) is 0 Å². The third kappa shape index (κ3) is 47.0. The summed E-state index contributed by atoms with van der Waals surface area (Å²) in [5.41, 5.74) is 0. The first-order chi connectivity index (χ1) is 20.3. The molecule has 0 aromatic heterocycles. The van der Waals surface area contributed by atoms with E-state index in [9.17, 15) is 4.57 Å². The molecular weight excluding hydrogens is 541 g/mol. The van der Waals surface area contributed by atoms with Crippen LogP contribution < -0.4 is 0 Å². The van der Waals surface area contributed by atoms with Gasteiger partial charge < -0.3 is 14.7 Å². The Morgan fingerprint density at radius 2 is 0.667 bits per heavy atom. The van der Waals surface area contributed by atoms with E-state index in [0.29, 0.717) is 0 Å². The summed E-state index contributed by atoms with van der Waals surface area (Å²) < 4.78 is 14.9. The van der Waals surface area contributed by atoms with Crippen LogP contribution in [0.15, 0.2) is 0 Å². The van der Waals surface area contributed by atoms with Gasteiger partial charge in [0.05, 0.1) is 6.61 Å². The Balaban J connectivity index is 0. The molecule has 0 bridgehead atoms. The van der Waals surface area contributed by atoms with Gasteiger partial charge in [-0.15, -0.1) is 0 Å². The standard InChI is InChI=1S/C22H47O4P.C14H31N/c1-2-3-4-5-6-7-8-9-10-11-12-13-14-15-16-17-18-19-20-21-22-26-27(23,24)25;1-4-5-6-7-8-9-10-11-12-13-14-15(2)3/h2-22H2,1H3,(H2,23,24,25);4-14H2,1-3H3. The lowest BCUT2D eigenvalue weighted by Gasteiger charge is -2.08. The van der Waals surface area contributed by atoms with Gasteiger partial charge in [-0.05, 0) is 33.5 Å². The zero-order chi connectivity index (χ0) is 31.4. The minimum Gasteiger partial charge on any atom is -0.309 e. The molecule has 0 spiro atoms. The van der Waals surface area contributed by atoms with Gasteiger partial charge in [-0.1, -0.05) is 194 Å². The van der Waals surface area contributed by atoms with E-state index in [-0.39, 0.29) is 6.61 Å². The summed E-state index contributed by atoms with van der Waals surface area (Å²) in [6, 6.07) is 0. The molecule has 0 unspecified atom stereocenters. The largest absolute Gasteiger partial charge is 0.469 e. The van der Waals surface area contributed by atoms with E-state index in [2.05, 4.69) is 37.4 Å². The Labute approximate surface area is 265 Å². The van der Waals surface area contributed by atoms with Crippen LogP contribution in [-0.2, 0) is 9.09 Å². The van der Waals surface area contributed by atoms with Crippen LogP contribution in [0.25, 0.3) is 0 Å². The van der Waals surface area contributed by atoms with Crippen molar-refractivity contribution in [2.24, 2.45) is 0 Å². The topological polar surface area (TPSA) is 70.0 Å². The normalized spacial score (nSPS) is 11.7. The highest BCUT2D eigenvalue weighted by atomic mass is 31.2. The van der Waals surface area contributed by atoms with Crippen LogP contribution in [-0.4, -0.2) is 41.9 Å². The highest BCUT2D eigenvalue weighted by Crippen LogP contribution is 2.35. The second kappa shape index (κ2) is 37.3. The predicted molar refractivity (Wildman–Crippen MR) is 186 cm³/mol. The Morgan fingerprint density at radius 1 is 0.429 bits per heavy atom. The van der Waals surface area contributed by atoms with Crippen LogP contribution in [0.1, 0.15) is 206 Å². The first kappa shape index (κ1) is 44.2. The second-order valence-electron chi connectivity index (χ2n) is 13.0. The molecule has 42 heavy (non-hydrogen) atoms. The fourth-order valence-electron chi connectivity index (χ4n) is 5.46. The van der Waals surface area contributed by atoms with Crippen LogP contribution in [0.2, 0.25) is 0 Å². The number of rotatable bonds is 33. The summed E-state index contributed by atoms with van der Waals surface area (Å²) >= 11 is 0. The Hall–Kier alpha value is 0.0700. The molecule has 6 heteroatoms. The minimum atomic E-state index is -4.26. The maximum atomic E-state index is 10.5. The summed E-state index contributed by atoms with van der Waals surface area (Å²) in [6.07, 6.45) is 40.9. The average Bonchev–Trinajstić information content (AvgIpc) is 2.94. The number of nitrogens with zero attached hydrogens (tertiary/aromatic N) is 1. The van der Waals surface area contributed by atoms with E-state index in [1.165, 1.54) is 180 Å². The molecule has 0 aliphatic carbocycles. The van der Waals surface area contributed by atoms with Crippen molar-refractivity contribution in [1.82, 2.24) is 4.90 Å². The van der Waals surface area contributed by atoms with Crippen LogP contribution in [0.4, 0.5) is 0 Å². The summed E-state index contributed by atoms with van der Waals surface area (Å²) in [4.78, 5) is 19.4. The van der Waals surface area contributed by atoms with Crippen molar-refractivity contribution in [2.75, 3.05) is 27.2 Å². The fraction of sp³-hybridized carbons (Fsp3) is 1.00. The van der Waals surface area contributed by atoms with Gasteiger partial charge in [0.1, 0.15) is 0 Å². The Bertz CT molecular complexity index is 527. The molecule has 2 N–H and O–H groups in total. The first-order valence-corrected chi connectivity index (χ1v) is 20.2. The summed E-state index contributed by atoms with van der Waals surface area (Å²) in [5.74, 6) is 0. The lowest BCUT2D eigenvalue weighted by molar-refractivity contribution is 0.193. The smallest absolute Gasteiger partial charge is 0.309 e. The van der Waals surface area contributed by atoms with E-state index < -0.39 is 7.82 Å². The highest BCUT2D eigenvalue weighted by molar-refractivity contribution is 7.46. The van der Waals surface area contributed by atoms with Gasteiger partial charge in [0, 0.05) is 0 Å². The number of unbranched alkanes of at least 4 members (excludes halogenated alkanes) is 28. The molecule has 5 nitrogen and oxygen atoms in total. The maximum Gasteiger partial charge on any atom is 0.469 e. The van der Waals surface area contributed by atoms with Gasteiger partial charge in [-0.2, -0.15) is 0 Å². The summed E-state index contributed by atoms with van der Waals surface area (Å²) in [6.45, 7) is 5.99. The molecule has 0 radical (unpaired) electrons. The van der Waals surface area contributed by atoms with Crippen molar-refractivity contribution in [3.63, 3.8) is 0 Å². The Kier molecular flexibility index (Phi) is 39.2. The molecular formula is C36H78NO4P. The zero-order valence-electron chi connectivity index (χ0n) is 29.2. The lowest BCUT2D eigenvalue weighted by atomic mass is 10.0. The molecule has 0 saturated carbocycles. The van der Waals surface area contributed by atoms with Crippen molar-refractivity contribution in [1.29, 1.82) is 0 Å². The van der Waals surface area contributed by atoms with Crippen molar-refractivity contribution < 1.29 is 18.9 Å². The molecule has 0 aliphatic heterocycles. The molecule has 0 aliphatic rings. The predicted octanol–water partition coefficient (Wildman–Crippen LogP) is 12.4. The maximum absolute atomic E-state index is 10.5. The highest BCUT2D eigenvalue weighted by Gasteiger charge is 2.12. The monoisotopic (exact) mass is 620 g/mol. The fourth-order valence-corrected chi connectivity index (χ4v) is 5.82. The van der Waals surface area contributed by atoms with Crippen LogP contribution in [0, 0.1) is 0 Å². The number of hydrogen-bond donors (Lipinski definition) is 2. The van der Waals surface area contributed by atoms with E-state index in [4.69, 9.17) is 9.79 Å². The molecule has 256 valence electrons. The van der Waals surface area contributed by atoms with Gasteiger partial charge >= 0.3 is 7.82 Å². The molecule has 0 rings (SSSR count). The summed E-state index contributed by atoms with van der Waals surface area (Å²) in [5, 5.41) is 0. The average molecular weight is 620 g/mol. The van der Waals surface area contributed by atoms with Crippen molar-refractivity contribution in [2.45, 2.75) is 206 Å². The van der Waals surface area contributed by atoms with E-state index in [1.54, 1.807) is 0 Å². The first-order valence-electron chi connectivity index (χ1n) is 18.7. The molecule has 0 atom stereocenters. The summed E-state index contributed by atoms with van der Waals surface area (Å²) in [7, 11) is 0.0602. The van der Waals surface area contributed by atoms with Crippen molar-refractivity contribution >= 4 is 7.82 Å². The second-order valence-corrected chi connectivity index (χ2v) is 14.3. The molecule has 0 aromatic rings. The molecule has 0 amide bonds. The van der Waals surface area contributed by atoms with Crippen LogP contribution >= 0.6 is 7.82 Å². The van der Waals surface area contributed by atoms with Crippen LogP contribution in [0.3, 0.4) is 0 Å². The third-order valence-electron chi connectivity index (χ3n) is 8.22. The minimum absolute atomic E-state index is 0.170. The van der Waals surface area contributed by atoms with E-state index in [1.807, 2.05) is 0 Å². The molecule has 0 heterocycles. The van der Waals surface area contributed by atoms with Gasteiger partial charge in [0.2, 0.25) is 0 Å². The molecule has 0 saturated heterocycles. The van der Waals surface area contributed by atoms with E-state index >= 15 is 0 Å². The third-order valence-corrected chi connectivity index (χ3v) is 8.74. The lowest BCUT2D eigenvalue weighted by Crippen LogP contribution is -2.12. The number of phosphoric ester groups is 1. The van der Waals surface area contributed by atoms with Crippen LogP contribution in [0.5, 0.6) is 0 Å². The number of hydrogen-bond acceptors (Lipinski definition) is 3. The van der Waals surface area contributed by atoms with Crippen molar-refractivity contribution in [3.05, 3.63) is 0 Å². The SMILES string of the molecule is CCCCCCCCCCCCCCCCCCCCCCOP(=O)(O)O.CCCCCCCCCCCCN(C)C. The quantitative estimate of drug-likeness (QED) is 0.0565. The molecule has 0 fully saturated rings. The van der Waals surface area contributed by atoms with Gasteiger partial charge in [-0.3, -0.25) is 4.52 Å². The van der Waals surface area contributed by atoms with Gasteiger partial charge in [0.15, 0.2) is 0 Å². The van der Waals surface area contributed by atoms with Gasteiger partial charge in [-0.25, -0.2) is 4.57 Å². The van der Waals surface area contributed by atoms with Crippen molar-refractivity contribution in [3.8, 4) is 0 Å². The zero-order valence-corrected chi connectivity index (χ0v) is 30.1.